The normalized spacial score (nSPS) is 14.6. The Hall–Kier alpha value is -3.39. The van der Waals surface area contributed by atoms with Crippen LogP contribution in [0.4, 0.5) is 22.9 Å². The molecule has 3 heterocycles. The van der Waals surface area contributed by atoms with Gasteiger partial charge < -0.3 is 25.0 Å². The fourth-order valence-corrected chi connectivity index (χ4v) is 3.19. The molecule has 2 aromatic heterocycles. The number of nitrogens with zero attached hydrogens (tertiary/aromatic N) is 4. The highest BCUT2D eigenvalue weighted by atomic mass is 16.5. The third-order valence-corrected chi connectivity index (χ3v) is 4.89. The zero-order valence-corrected chi connectivity index (χ0v) is 16.6. The van der Waals surface area contributed by atoms with Crippen LogP contribution >= 0.6 is 0 Å². The van der Waals surface area contributed by atoms with Gasteiger partial charge in [0.2, 0.25) is 0 Å². The first kappa shape index (κ1) is 18.9. The van der Waals surface area contributed by atoms with Crippen LogP contribution in [0.1, 0.15) is 16.2 Å². The maximum Gasteiger partial charge on any atom is 0.274 e. The van der Waals surface area contributed by atoms with E-state index in [0.717, 1.165) is 43.3 Å². The number of pyridine rings is 1. The van der Waals surface area contributed by atoms with Gasteiger partial charge in [-0.15, -0.1) is 0 Å². The molecule has 8 heteroatoms. The number of aromatic nitrogens is 2. The predicted molar refractivity (Wildman–Crippen MR) is 113 cm³/mol. The molecule has 0 aliphatic carbocycles. The van der Waals surface area contributed by atoms with Gasteiger partial charge in [-0.05, 0) is 50.4 Å². The average Bonchev–Trinajstić information content (AvgIpc) is 3.14. The molecule has 0 radical (unpaired) electrons. The van der Waals surface area contributed by atoms with Crippen molar-refractivity contribution in [2.75, 3.05) is 48.8 Å². The Kier molecular flexibility index (Phi) is 5.44. The van der Waals surface area contributed by atoms with E-state index in [4.69, 9.17) is 4.52 Å². The highest BCUT2D eigenvalue weighted by Gasteiger charge is 2.14. The molecule has 4 rings (SSSR count). The first-order valence-electron chi connectivity index (χ1n) is 9.58. The van der Waals surface area contributed by atoms with Crippen LogP contribution in [0.5, 0.6) is 0 Å². The third kappa shape index (κ3) is 4.72. The van der Waals surface area contributed by atoms with Gasteiger partial charge in [0, 0.05) is 43.6 Å². The van der Waals surface area contributed by atoms with Crippen molar-refractivity contribution in [1.29, 1.82) is 0 Å². The van der Waals surface area contributed by atoms with Crippen molar-refractivity contribution in [3.8, 4) is 0 Å². The maximum atomic E-state index is 12.5. The Balaban J connectivity index is 1.35. The lowest BCUT2D eigenvalue weighted by Gasteiger charge is -2.34. The monoisotopic (exact) mass is 392 g/mol. The highest BCUT2D eigenvalue weighted by Crippen LogP contribution is 2.20. The predicted octanol–water partition coefficient (Wildman–Crippen LogP) is 3.13. The van der Waals surface area contributed by atoms with Gasteiger partial charge in [-0.3, -0.25) is 4.79 Å². The molecule has 29 heavy (non-hydrogen) atoms. The van der Waals surface area contributed by atoms with E-state index >= 15 is 0 Å². The number of carbonyl (C=O) groups excluding carboxylic acids is 1. The van der Waals surface area contributed by atoms with E-state index in [1.807, 2.05) is 31.2 Å². The number of rotatable bonds is 5. The zero-order chi connectivity index (χ0) is 20.2. The SMILES string of the molecule is Cc1cc(Nc2ccc(C(=O)Nc3ccc(N4CCN(C)CC4)cc3)nc2)no1. The van der Waals surface area contributed by atoms with Crippen LogP contribution in [-0.2, 0) is 0 Å². The number of benzene rings is 1. The van der Waals surface area contributed by atoms with Gasteiger partial charge in [-0.2, -0.15) is 0 Å². The molecule has 1 aliphatic heterocycles. The minimum Gasteiger partial charge on any atom is -0.369 e. The molecule has 0 bridgehead atoms. The Morgan fingerprint density at radius 1 is 1.03 bits per heavy atom. The number of aryl methyl sites for hydroxylation is 1. The number of likely N-dealkylation sites (N-methyl/N-ethyl adjacent to an activating group) is 1. The van der Waals surface area contributed by atoms with Gasteiger partial charge in [0.1, 0.15) is 11.5 Å². The van der Waals surface area contributed by atoms with Crippen molar-refractivity contribution < 1.29 is 9.32 Å². The summed E-state index contributed by atoms with van der Waals surface area (Å²) in [5.41, 5.74) is 2.99. The lowest BCUT2D eigenvalue weighted by Crippen LogP contribution is -2.44. The highest BCUT2D eigenvalue weighted by molar-refractivity contribution is 6.03. The van der Waals surface area contributed by atoms with Gasteiger partial charge in [-0.1, -0.05) is 5.16 Å². The fraction of sp³-hybridized carbons (Fsp3) is 0.286. The van der Waals surface area contributed by atoms with Crippen LogP contribution in [0.3, 0.4) is 0 Å². The number of carbonyl (C=O) groups is 1. The van der Waals surface area contributed by atoms with Gasteiger partial charge in [0.05, 0.1) is 11.9 Å². The molecule has 2 N–H and O–H groups in total. The van der Waals surface area contributed by atoms with E-state index in [9.17, 15) is 4.79 Å². The van der Waals surface area contributed by atoms with Gasteiger partial charge in [0.15, 0.2) is 5.82 Å². The van der Waals surface area contributed by atoms with Crippen LogP contribution in [0.15, 0.2) is 53.2 Å². The van der Waals surface area contributed by atoms with E-state index < -0.39 is 0 Å². The summed E-state index contributed by atoms with van der Waals surface area (Å²) in [7, 11) is 2.14. The number of hydrogen-bond acceptors (Lipinski definition) is 7. The Labute approximate surface area is 169 Å². The van der Waals surface area contributed by atoms with Gasteiger partial charge in [-0.25, -0.2) is 4.98 Å². The first-order valence-corrected chi connectivity index (χ1v) is 9.58. The van der Waals surface area contributed by atoms with Crippen LogP contribution in [-0.4, -0.2) is 54.2 Å². The summed E-state index contributed by atoms with van der Waals surface area (Å²) < 4.78 is 5.01. The first-order chi connectivity index (χ1) is 14.1. The number of amides is 1. The number of nitrogens with one attached hydrogen (secondary N) is 2. The Bertz CT molecular complexity index is 960. The molecular weight excluding hydrogens is 368 g/mol. The molecule has 0 saturated carbocycles. The topological polar surface area (TPSA) is 86.5 Å². The lowest BCUT2D eigenvalue weighted by molar-refractivity contribution is 0.102. The summed E-state index contributed by atoms with van der Waals surface area (Å²) in [4.78, 5) is 21.4. The van der Waals surface area contributed by atoms with Crippen LogP contribution < -0.4 is 15.5 Å². The van der Waals surface area contributed by atoms with Gasteiger partial charge >= 0.3 is 0 Å². The standard InChI is InChI=1S/C21H24N6O2/c1-15-13-20(25-29-15)23-17-5-8-19(22-14-17)21(28)24-16-3-6-18(7-4-16)27-11-9-26(2)10-12-27/h3-8,13-14H,9-12H2,1-2H3,(H,23,25)(H,24,28). The van der Waals surface area contributed by atoms with Crippen molar-refractivity contribution in [1.82, 2.24) is 15.0 Å². The molecule has 0 atom stereocenters. The number of piperazine rings is 1. The zero-order valence-electron chi connectivity index (χ0n) is 16.6. The molecule has 150 valence electrons. The van der Waals surface area contributed by atoms with Crippen molar-refractivity contribution >= 4 is 28.8 Å². The molecule has 0 unspecified atom stereocenters. The molecule has 1 aliphatic rings. The van der Waals surface area contributed by atoms with Crippen LogP contribution in [0, 0.1) is 6.92 Å². The second-order valence-electron chi connectivity index (χ2n) is 7.17. The van der Waals surface area contributed by atoms with E-state index in [1.54, 1.807) is 24.4 Å². The molecular formula is C21H24N6O2. The van der Waals surface area contributed by atoms with Gasteiger partial charge in [0.25, 0.3) is 5.91 Å². The van der Waals surface area contributed by atoms with Crippen molar-refractivity contribution in [3.05, 3.63) is 60.1 Å². The molecule has 1 aromatic carbocycles. The fourth-order valence-electron chi connectivity index (χ4n) is 3.19. The molecule has 3 aromatic rings. The summed E-state index contributed by atoms with van der Waals surface area (Å²) in [6.07, 6.45) is 1.59. The lowest BCUT2D eigenvalue weighted by atomic mass is 10.2. The Morgan fingerprint density at radius 3 is 2.38 bits per heavy atom. The minimum absolute atomic E-state index is 0.249. The van der Waals surface area contributed by atoms with Crippen molar-refractivity contribution in [3.63, 3.8) is 0 Å². The summed E-state index contributed by atoms with van der Waals surface area (Å²) >= 11 is 0. The largest absolute Gasteiger partial charge is 0.369 e. The van der Waals surface area contributed by atoms with E-state index in [0.29, 0.717) is 11.5 Å². The molecule has 1 saturated heterocycles. The second kappa shape index (κ2) is 8.32. The van der Waals surface area contributed by atoms with E-state index in [-0.39, 0.29) is 5.91 Å². The van der Waals surface area contributed by atoms with Crippen molar-refractivity contribution in [2.24, 2.45) is 0 Å². The summed E-state index contributed by atoms with van der Waals surface area (Å²) in [5.74, 6) is 1.07. The maximum absolute atomic E-state index is 12.5. The summed E-state index contributed by atoms with van der Waals surface area (Å²) in [5, 5.41) is 9.84. The molecule has 1 fully saturated rings. The quantitative estimate of drug-likeness (QED) is 0.690. The minimum atomic E-state index is -0.249. The number of hydrogen-bond donors (Lipinski definition) is 2. The second-order valence-corrected chi connectivity index (χ2v) is 7.17. The Morgan fingerprint density at radius 2 is 1.76 bits per heavy atom. The number of anilines is 4. The molecule has 0 spiro atoms. The van der Waals surface area contributed by atoms with E-state index in [2.05, 4.69) is 37.6 Å². The third-order valence-electron chi connectivity index (χ3n) is 4.89. The van der Waals surface area contributed by atoms with Crippen LogP contribution in [0.25, 0.3) is 0 Å². The average molecular weight is 392 g/mol. The van der Waals surface area contributed by atoms with E-state index in [1.165, 1.54) is 5.69 Å². The van der Waals surface area contributed by atoms with Crippen LogP contribution in [0.2, 0.25) is 0 Å². The smallest absolute Gasteiger partial charge is 0.274 e. The molecule has 1 amide bonds. The summed E-state index contributed by atoms with van der Waals surface area (Å²) in [6, 6.07) is 13.2. The van der Waals surface area contributed by atoms with Crippen molar-refractivity contribution in [2.45, 2.75) is 6.92 Å². The molecule has 8 nitrogen and oxygen atoms in total. The summed E-state index contributed by atoms with van der Waals surface area (Å²) in [6.45, 7) is 5.97.